The Hall–Kier alpha value is -1.59. The van der Waals surface area contributed by atoms with Gasteiger partial charge in [-0.3, -0.25) is 4.79 Å². The van der Waals surface area contributed by atoms with E-state index in [1.807, 2.05) is 0 Å². The summed E-state index contributed by atoms with van der Waals surface area (Å²) in [5.41, 5.74) is 0.398. The van der Waals surface area contributed by atoms with Crippen molar-refractivity contribution in [2.24, 2.45) is 7.05 Å². The fourth-order valence-corrected chi connectivity index (χ4v) is 2.59. The van der Waals surface area contributed by atoms with Crippen molar-refractivity contribution in [1.82, 2.24) is 4.57 Å². The smallest absolute Gasteiger partial charge is 0.352 e. The monoisotopic (exact) mass is 269 g/mol. The van der Waals surface area contributed by atoms with Crippen LogP contribution in [0.25, 0.3) is 0 Å². The maximum absolute atomic E-state index is 12.0. The van der Waals surface area contributed by atoms with Crippen LogP contribution in [-0.2, 0) is 7.05 Å². The Morgan fingerprint density at radius 2 is 2.18 bits per heavy atom. The molecule has 0 saturated carbocycles. The van der Waals surface area contributed by atoms with E-state index in [1.54, 1.807) is 18.5 Å². The van der Waals surface area contributed by atoms with E-state index < -0.39 is 5.97 Å². The maximum atomic E-state index is 12.0. The van der Waals surface area contributed by atoms with Crippen molar-refractivity contribution in [3.05, 3.63) is 44.9 Å². The van der Waals surface area contributed by atoms with Crippen LogP contribution < -0.4 is 0 Å². The number of rotatable bonds is 3. The standard InChI is InChI=1S/C11H8ClNO3S/c1-13-5-6(4-8(13)11(15)16)9(14)10-7(12)2-3-17-10/h2-5H,1H3,(H,15,16). The molecule has 2 aromatic rings. The number of carboxylic acid groups (broad SMARTS) is 1. The van der Waals surface area contributed by atoms with E-state index in [0.29, 0.717) is 15.5 Å². The van der Waals surface area contributed by atoms with Gasteiger partial charge in [0.25, 0.3) is 0 Å². The number of carbonyl (C=O) groups excluding carboxylic acids is 1. The number of aryl methyl sites for hydroxylation is 1. The summed E-state index contributed by atoms with van der Waals surface area (Å²) in [6, 6.07) is 2.99. The van der Waals surface area contributed by atoms with Crippen molar-refractivity contribution in [1.29, 1.82) is 0 Å². The molecule has 2 heterocycles. The van der Waals surface area contributed by atoms with Gasteiger partial charge in [0, 0.05) is 18.8 Å². The van der Waals surface area contributed by atoms with Crippen LogP contribution in [0.1, 0.15) is 25.7 Å². The van der Waals surface area contributed by atoms with E-state index in [4.69, 9.17) is 16.7 Å². The summed E-state index contributed by atoms with van der Waals surface area (Å²) < 4.78 is 1.40. The third-order valence-corrected chi connectivity index (χ3v) is 3.65. The molecule has 0 aromatic carbocycles. The Morgan fingerprint density at radius 1 is 1.47 bits per heavy atom. The third kappa shape index (κ3) is 2.11. The second-order valence-corrected chi connectivity index (χ2v) is 4.78. The van der Waals surface area contributed by atoms with Gasteiger partial charge < -0.3 is 9.67 Å². The molecule has 0 unspecified atom stereocenters. The van der Waals surface area contributed by atoms with Gasteiger partial charge in [-0.15, -0.1) is 11.3 Å². The molecule has 0 bridgehead atoms. The first-order valence-corrected chi connectivity index (χ1v) is 5.94. The minimum atomic E-state index is -1.07. The van der Waals surface area contributed by atoms with Crippen molar-refractivity contribution in [3.63, 3.8) is 0 Å². The lowest BCUT2D eigenvalue weighted by atomic mass is 10.2. The van der Waals surface area contributed by atoms with Gasteiger partial charge >= 0.3 is 5.97 Å². The molecule has 2 aromatic heterocycles. The van der Waals surface area contributed by atoms with E-state index in [2.05, 4.69) is 0 Å². The van der Waals surface area contributed by atoms with Crippen molar-refractivity contribution in [3.8, 4) is 0 Å². The molecular formula is C11H8ClNO3S. The number of hydrogen-bond acceptors (Lipinski definition) is 3. The summed E-state index contributed by atoms with van der Waals surface area (Å²) in [4.78, 5) is 23.3. The zero-order valence-corrected chi connectivity index (χ0v) is 10.4. The van der Waals surface area contributed by atoms with Crippen LogP contribution >= 0.6 is 22.9 Å². The van der Waals surface area contributed by atoms with Gasteiger partial charge in [0.15, 0.2) is 0 Å². The molecule has 6 heteroatoms. The second kappa shape index (κ2) is 4.35. The summed E-state index contributed by atoms with van der Waals surface area (Å²) in [6.45, 7) is 0. The summed E-state index contributed by atoms with van der Waals surface area (Å²) in [7, 11) is 1.58. The van der Waals surface area contributed by atoms with Gasteiger partial charge in [0.2, 0.25) is 5.78 Å². The van der Waals surface area contributed by atoms with Crippen molar-refractivity contribution >= 4 is 34.7 Å². The molecule has 0 fully saturated rings. The molecule has 0 spiro atoms. The van der Waals surface area contributed by atoms with Gasteiger partial charge in [-0.2, -0.15) is 0 Å². The highest BCUT2D eigenvalue weighted by Crippen LogP contribution is 2.25. The predicted octanol–water partition coefficient (Wildman–Crippen LogP) is 2.67. The molecule has 0 aliphatic rings. The Bertz CT molecular complexity index is 600. The molecule has 0 radical (unpaired) electrons. The van der Waals surface area contributed by atoms with Gasteiger partial charge in [-0.25, -0.2) is 4.79 Å². The summed E-state index contributed by atoms with van der Waals surface area (Å²) >= 11 is 7.10. The first-order chi connectivity index (χ1) is 8.00. The highest BCUT2D eigenvalue weighted by atomic mass is 35.5. The minimum Gasteiger partial charge on any atom is -0.477 e. The quantitative estimate of drug-likeness (QED) is 0.872. The molecule has 0 amide bonds. The predicted molar refractivity (Wildman–Crippen MR) is 65.1 cm³/mol. The first kappa shape index (κ1) is 11.9. The van der Waals surface area contributed by atoms with Crippen LogP contribution in [0.3, 0.4) is 0 Å². The SMILES string of the molecule is Cn1cc(C(=O)c2sccc2Cl)cc1C(=O)O. The molecule has 0 aliphatic carbocycles. The molecule has 17 heavy (non-hydrogen) atoms. The van der Waals surface area contributed by atoms with Crippen molar-refractivity contribution < 1.29 is 14.7 Å². The van der Waals surface area contributed by atoms with E-state index >= 15 is 0 Å². The van der Waals surface area contributed by atoms with Crippen LogP contribution in [0.4, 0.5) is 0 Å². The molecule has 0 aliphatic heterocycles. The van der Waals surface area contributed by atoms with Gasteiger partial charge in [-0.05, 0) is 17.5 Å². The third-order valence-electron chi connectivity index (χ3n) is 2.31. The van der Waals surface area contributed by atoms with Gasteiger partial charge in [-0.1, -0.05) is 11.6 Å². The number of aromatic nitrogens is 1. The lowest BCUT2D eigenvalue weighted by molar-refractivity contribution is 0.0686. The Kier molecular flexibility index (Phi) is 3.04. The van der Waals surface area contributed by atoms with E-state index in [0.717, 1.165) is 0 Å². The molecule has 0 saturated heterocycles. The highest BCUT2D eigenvalue weighted by Gasteiger charge is 2.19. The molecule has 0 atom stereocenters. The van der Waals surface area contributed by atoms with Crippen LogP contribution in [0.15, 0.2) is 23.7 Å². The fourth-order valence-electron chi connectivity index (χ4n) is 1.49. The molecule has 4 nitrogen and oxygen atoms in total. The minimum absolute atomic E-state index is 0.0704. The maximum Gasteiger partial charge on any atom is 0.352 e. The normalized spacial score (nSPS) is 10.5. The van der Waals surface area contributed by atoms with Crippen LogP contribution in [0, 0.1) is 0 Å². The average Bonchev–Trinajstić information content (AvgIpc) is 2.83. The Balaban J connectivity index is 2.42. The molecule has 1 N–H and O–H groups in total. The van der Waals surface area contributed by atoms with Crippen LogP contribution in [-0.4, -0.2) is 21.4 Å². The zero-order valence-electron chi connectivity index (χ0n) is 8.81. The second-order valence-electron chi connectivity index (χ2n) is 3.46. The molecule has 2 rings (SSSR count). The summed E-state index contributed by atoms with van der Waals surface area (Å²) in [5.74, 6) is -1.32. The average molecular weight is 270 g/mol. The summed E-state index contributed by atoms with van der Waals surface area (Å²) in [6.07, 6.45) is 1.49. The van der Waals surface area contributed by atoms with E-state index in [-0.39, 0.29) is 11.5 Å². The van der Waals surface area contributed by atoms with Crippen LogP contribution in [0.2, 0.25) is 5.02 Å². The number of thiophene rings is 1. The largest absolute Gasteiger partial charge is 0.477 e. The zero-order chi connectivity index (χ0) is 12.6. The first-order valence-electron chi connectivity index (χ1n) is 4.68. The number of carbonyl (C=O) groups is 2. The van der Waals surface area contributed by atoms with E-state index in [1.165, 1.54) is 28.2 Å². The summed E-state index contributed by atoms with van der Waals surface area (Å²) in [5, 5.41) is 11.0. The van der Waals surface area contributed by atoms with Gasteiger partial charge in [0.05, 0.1) is 9.90 Å². The number of ketones is 1. The number of halogens is 1. The van der Waals surface area contributed by atoms with Crippen LogP contribution in [0.5, 0.6) is 0 Å². The van der Waals surface area contributed by atoms with Gasteiger partial charge in [0.1, 0.15) is 5.69 Å². The molecular weight excluding hydrogens is 262 g/mol. The highest BCUT2D eigenvalue weighted by molar-refractivity contribution is 7.13. The number of aromatic carboxylic acids is 1. The number of nitrogens with zero attached hydrogens (tertiary/aromatic N) is 1. The number of hydrogen-bond donors (Lipinski definition) is 1. The van der Waals surface area contributed by atoms with Crippen molar-refractivity contribution in [2.45, 2.75) is 0 Å². The Labute approximate surface area is 106 Å². The van der Waals surface area contributed by atoms with Crippen molar-refractivity contribution in [2.75, 3.05) is 0 Å². The topological polar surface area (TPSA) is 59.3 Å². The Morgan fingerprint density at radius 3 is 2.65 bits per heavy atom. The lowest BCUT2D eigenvalue weighted by Gasteiger charge is -1.94. The molecule has 88 valence electrons. The van der Waals surface area contributed by atoms with E-state index in [9.17, 15) is 9.59 Å². The fraction of sp³-hybridized carbons (Fsp3) is 0.0909. The number of carboxylic acids is 1. The lowest BCUT2D eigenvalue weighted by Crippen LogP contribution is -2.02.